The number of nitrogens with two attached hydrogens (primary N) is 1. The highest BCUT2D eigenvalue weighted by Gasteiger charge is 2.25. The number of hydrogen-bond donors (Lipinski definition) is 2. The molecule has 1 aliphatic carbocycles. The van der Waals surface area contributed by atoms with Crippen LogP contribution in [0.5, 0.6) is 0 Å². The van der Waals surface area contributed by atoms with Crippen LogP contribution in [0, 0.1) is 11.8 Å². The largest absolute Gasteiger partial charge is 0.393 e. The molecule has 1 fully saturated rings. The molecule has 0 spiro atoms. The van der Waals surface area contributed by atoms with Crippen LogP contribution >= 0.6 is 0 Å². The van der Waals surface area contributed by atoms with Gasteiger partial charge < -0.3 is 10.8 Å². The number of aliphatic hydroxyl groups excluding tert-OH is 1. The molecule has 0 heterocycles. The first-order valence-corrected chi connectivity index (χ1v) is 5.53. The van der Waals surface area contributed by atoms with Gasteiger partial charge in [0.05, 0.1) is 6.10 Å². The molecule has 3 atom stereocenters. The molecule has 0 aliphatic heterocycles. The van der Waals surface area contributed by atoms with Gasteiger partial charge in [0, 0.05) is 6.04 Å². The summed E-state index contributed by atoms with van der Waals surface area (Å²) in [5.74, 6) is 1.05. The van der Waals surface area contributed by atoms with Gasteiger partial charge in [-0.3, -0.25) is 0 Å². The lowest BCUT2D eigenvalue weighted by Crippen LogP contribution is -2.34. The molecular formula is C11H23NO. The van der Waals surface area contributed by atoms with Gasteiger partial charge in [-0.2, -0.15) is 0 Å². The minimum atomic E-state index is -0.119. The summed E-state index contributed by atoms with van der Waals surface area (Å²) < 4.78 is 0. The SMILES string of the molecule is CC(C)CC(O)C1CCCC(N)C1. The van der Waals surface area contributed by atoms with Gasteiger partial charge in [-0.15, -0.1) is 0 Å². The molecule has 0 aromatic carbocycles. The monoisotopic (exact) mass is 185 g/mol. The fraction of sp³-hybridized carbons (Fsp3) is 1.00. The van der Waals surface area contributed by atoms with Crippen molar-refractivity contribution < 1.29 is 5.11 Å². The molecule has 0 radical (unpaired) electrons. The van der Waals surface area contributed by atoms with E-state index in [1.165, 1.54) is 12.8 Å². The van der Waals surface area contributed by atoms with Gasteiger partial charge in [0.15, 0.2) is 0 Å². The number of aliphatic hydroxyl groups is 1. The summed E-state index contributed by atoms with van der Waals surface area (Å²) in [6, 6.07) is 0.334. The second kappa shape index (κ2) is 4.97. The fourth-order valence-corrected chi connectivity index (χ4v) is 2.29. The van der Waals surface area contributed by atoms with Crippen LogP contribution in [0.1, 0.15) is 46.0 Å². The average Bonchev–Trinajstić information content (AvgIpc) is 2.03. The standard InChI is InChI=1S/C11H23NO/c1-8(2)6-11(13)9-4-3-5-10(12)7-9/h8-11,13H,3-7,12H2,1-2H3. The van der Waals surface area contributed by atoms with E-state index in [1.807, 2.05) is 0 Å². The Hall–Kier alpha value is -0.0800. The van der Waals surface area contributed by atoms with Gasteiger partial charge in [-0.1, -0.05) is 20.3 Å². The second-order valence-corrected chi connectivity index (χ2v) is 4.88. The first kappa shape index (κ1) is 11.0. The molecular weight excluding hydrogens is 162 g/mol. The third-order valence-corrected chi connectivity index (χ3v) is 3.01. The first-order valence-electron chi connectivity index (χ1n) is 5.53. The molecule has 1 aliphatic rings. The van der Waals surface area contributed by atoms with Crippen molar-refractivity contribution in [3.8, 4) is 0 Å². The zero-order valence-corrected chi connectivity index (χ0v) is 8.87. The quantitative estimate of drug-likeness (QED) is 0.705. The van der Waals surface area contributed by atoms with Crippen molar-refractivity contribution in [2.75, 3.05) is 0 Å². The molecule has 78 valence electrons. The smallest absolute Gasteiger partial charge is 0.0571 e. The highest BCUT2D eigenvalue weighted by molar-refractivity contribution is 4.80. The maximum Gasteiger partial charge on any atom is 0.0571 e. The predicted octanol–water partition coefficient (Wildman–Crippen LogP) is 1.91. The van der Waals surface area contributed by atoms with E-state index in [0.29, 0.717) is 17.9 Å². The van der Waals surface area contributed by atoms with E-state index in [4.69, 9.17) is 5.73 Å². The van der Waals surface area contributed by atoms with E-state index in [1.54, 1.807) is 0 Å². The van der Waals surface area contributed by atoms with Crippen molar-refractivity contribution in [1.29, 1.82) is 0 Å². The van der Waals surface area contributed by atoms with E-state index >= 15 is 0 Å². The van der Waals surface area contributed by atoms with Crippen molar-refractivity contribution in [3.63, 3.8) is 0 Å². The summed E-state index contributed by atoms with van der Waals surface area (Å²) in [6.45, 7) is 4.32. The minimum Gasteiger partial charge on any atom is -0.393 e. The molecule has 1 rings (SSSR count). The molecule has 3 unspecified atom stereocenters. The molecule has 0 saturated heterocycles. The lowest BCUT2D eigenvalue weighted by Gasteiger charge is -2.31. The molecule has 0 aromatic heterocycles. The van der Waals surface area contributed by atoms with E-state index in [-0.39, 0.29) is 6.10 Å². The lowest BCUT2D eigenvalue weighted by molar-refractivity contribution is 0.0621. The van der Waals surface area contributed by atoms with Crippen LogP contribution in [0.3, 0.4) is 0 Å². The second-order valence-electron chi connectivity index (χ2n) is 4.88. The molecule has 2 nitrogen and oxygen atoms in total. The number of hydrogen-bond acceptors (Lipinski definition) is 2. The Morgan fingerprint density at radius 1 is 1.38 bits per heavy atom. The Balaban J connectivity index is 2.32. The van der Waals surface area contributed by atoms with Crippen molar-refractivity contribution >= 4 is 0 Å². The molecule has 3 N–H and O–H groups in total. The van der Waals surface area contributed by atoms with Crippen LogP contribution in [0.4, 0.5) is 0 Å². The topological polar surface area (TPSA) is 46.2 Å². The van der Waals surface area contributed by atoms with E-state index in [9.17, 15) is 5.11 Å². The lowest BCUT2D eigenvalue weighted by atomic mass is 9.80. The summed E-state index contributed by atoms with van der Waals surface area (Å²) in [4.78, 5) is 0. The van der Waals surface area contributed by atoms with Gasteiger partial charge in [-0.25, -0.2) is 0 Å². The highest BCUT2D eigenvalue weighted by atomic mass is 16.3. The highest BCUT2D eigenvalue weighted by Crippen LogP contribution is 2.28. The van der Waals surface area contributed by atoms with Gasteiger partial charge >= 0.3 is 0 Å². The molecule has 13 heavy (non-hydrogen) atoms. The zero-order chi connectivity index (χ0) is 9.84. The van der Waals surface area contributed by atoms with E-state index < -0.39 is 0 Å². The molecule has 0 amide bonds. The zero-order valence-electron chi connectivity index (χ0n) is 8.87. The average molecular weight is 185 g/mol. The normalized spacial score (nSPS) is 32.1. The van der Waals surface area contributed by atoms with Gasteiger partial charge in [0.25, 0.3) is 0 Å². The van der Waals surface area contributed by atoms with Crippen LogP contribution in [0.15, 0.2) is 0 Å². The molecule has 1 saturated carbocycles. The third kappa shape index (κ3) is 3.65. The van der Waals surface area contributed by atoms with Crippen molar-refractivity contribution in [3.05, 3.63) is 0 Å². The van der Waals surface area contributed by atoms with Crippen molar-refractivity contribution in [1.82, 2.24) is 0 Å². The predicted molar refractivity (Wildman–Crippen MR) is 55.4 cm³/mol. The van der Waals surface area contributed by atoms with Crippen molar-refractivity contribution in [2.45, 2.75) is 58.1 Å². The van der Waals surface area contributed by atoms with Crippen LogP contribution in [0.25, 0.3) is 0 Å². The van der Waals surface area contributed by atoms with E-state index in [2.05, 4.69) is 13.8 Å². The van der Waals surface area contributed by atoms with Crippen LogP contribution in [-0.2, 0) is 0 Å². The Bertz CT molecular complexity index is 147. The Labute approximate surface area is 81.5 Å². The van der Waals surface area contributed by atoms with Crippen LogP contribution < -0.4 is 5.73 Å². The third-order valence-electron chi connectivity index (χ3n) is 3.01. The number of rotatable bonds is 3. The Morgan fingerprint density at radius 2 is 2.08 bits per heavy atom. The summed E-state index contributed by atoms with van der Waals surface area (Å²) in [6.07, 6.45) is 5.34. The Kier molecular flexibility index (Phi) is 4.20. The Morgan fingerprint density at radius 3 is 2.62 bits per heavy atom. The minimum absolute atomic E-state index is 0.119. The molecule has 0 aromatic rings. The first-order chi connectivity index (χ1) is 6.09. The fourth-order valence-electron chi connectivity index (χ4n) is 2.29. The summed E-state index contributed by atoms with van der Waals surface area (Å²) in [5, 5.41) is 9.91. The van der Waals surface area contributed by atoms with Crippen LogP contribution in [0.2, 0.25) is 0 Å². The summed E-state index contributed by atoms with van der Waals surface area (Å²) in [7, 11) is 0. The maximum absolute atomic E-state index is 9.91. The molecule has 0 bridgehead atoms. The van der Waals surface area contributed by atoms with Gasteiger partial charge in [0.1, 0.15) is 0 Å². The summed E-state index contributed by atoms with van der Waals surface area (Å²) >= 11 is 0. The molecule has 2 heteroatoms. The van der Waals surface area contributed by atoms with Crippen LogP contribution in [-0.4, -0.2) is 17.3 Å². The van der Waals surface area contributed by atoms with Gasteiger partial charge in [-0.05, 0) is 37.5 Å². The van der Waals surface area contributed by atoms with E-state index in [0.717, 1.165) is 19.3 Å². The van der Waals surface area contributed by atoms with Crippen molar-refractivity contribution in [2.24, 2.45) is 17.6 Å². The maximum atomic E-state index is 9.91. The van der Waals surface area contributed by atoms with Gasteiger partial charge in [0.2, 0.25) is 0 Å². The summed E-state index contributed by atoms with van der Waals surface area (Å²) in [5.41, 5.74) is 5.88.